The zero-order valence-electron chi connectivity index (χ0n) is 16.8. The molecule has 28 heavy (non-hydrogen) atoms. The first kappa shape index (κ1) is 19.2. The number of benzene rings is 2. The van der Waals surface area contributed by atoms with Gasteiger partial charge in [0.2, 0.25) is 5.91 Å². The fraction of sp³-hybridized carbons (Fsp3) is 0.458. The van der Waals surface area contributed by atoms with Gasteiger partial charge >= 0.3 is 0 Å². The van der Waals surface area contributed by atoms with E-state index in [9.17, 15) is 4.79 Å². The Labute approximate surface area is 168 Å². The molecule has 1 fully saturated rings. The average Bonchev–Trinajstić information content (AvgIpc) is 3.14. The number of piperidine rings is 1. The average molecular weight is 378 g/mol. The van der Waals surface area contributed by atoms with Crippen LogP contribution in [-0.4, -0.2) is 49.1 Å². The van der Waals surface area contributed by atoms with Gasteiger partial charge in [0.25, 0.3) is 0 Å². The fourth-order valence-electron chi connectivity index (χ4n) is 4.64. The van der Waals surface area contributed by atoms with Crippen molar-refractivity contribution in [2.75, 3.05) is 26.7 Å². The minimum Gasteiger partial charge on any atom is -0.352 e. The lowest BCUT2D eigenvalue weighted by atomic mass is 9.90. The first-order chi connectivity index (χ1) is 13.7. The Hall–Kier alpha value is -2.17. The van der Waals surface area contributed by atoms with Crippen molar-refractivity contribution in [2.45, 2.75) is 43.7 Å². The van der Waals surface area contributed by atoms with Gasteiger partial charge in [-0.2, -0.15) is 0 Å². The Morgan fingerprint density at radius 1 is 1.04 bits per heavy atom. The first-order valence-corrected chi connectivity index (χ1v) is 10.5. The second-order valence-electron chi connectivity index (χ2n) is 8.31. The molecule has 1 saturated heterocycles. The predicted molar refractivity (Wildman–Crippen MR) is 113 cm³/mol. The van der Waals surface area contributed by atoms with Crippen molar-refractivity contribution in [2.24, 2.45) is 0 Å². The molecule has 1 aliphatic carbocycles. The topological polar surface area (TPSA) is 44.4 Å². The number of carbonyl (C=O) groups is 1. The van der Waals surface area contributed by atoms with Crippen LogP contribution in [-0.2, 0) is 24.1 Å². The lowest BCUT2D eigenvalue weighted by Crippen LogP contribution is -2.61. The maximum atomic E-state index is 13.6. The summed E-state index contributed by atoms with van der Waals surface area (Å²) >= 11 is 0. The van der Waals surface area contributed by atoms with Crippen LogP contribution in [0.15, 0.2) is 54.6 Å². The number of carbonyl (C=O) groups excluding carboxylic acids is 1. The zero-order chi connectivity index (χ0) is 19.4. The van der Waals surface area contributed by atoms with Gasteiger partial charge in [0.1, 0.15) is 5.54 Å². The quantitative estimate of drug-likeness (QED) is 0.813. The summed E-state index contributed by atoms with van der Waals surface area (Å²) in [6.45, 7) is 2.85. The van der Waals surface area contributed by atoms with Crippen molar-refractivity contribution in [3.05, 3.63) is 71.3 Å². The number of nitrogens with zero attached hydrogens (tertiary/aromatic N) is 1. The Kier molecular flexibility index (Phi) is 5.79. The maximum absolute atomic E-state index is 13.6. The normalized spacial score (nSPS) is 18.8. The van der Waals surface area contributed by atoms with E-state index in [1.807, 2.05) is 0 Å². The van der Waals surface area contributed by atoms with Gasteiger partial charge in [-0.05, 0) is 56.1 Å². The molecule has 2 aromatic rings. The highest BCUT2D eigenvalue weighted by molar-refractivity contribution is 5.88. The number of fused-ring (bicyclic) bond motifs is 1. The van der Waals surface area contributed by atoms with Crippen LogP contribution in [0.25, 0.3) is 0 Å². The van der Waals surface area contributed by atoms with Crippen molar-refractivity contribution in [3.63, 3.8) is 0 Å². The highest BCUT2D eigenvalue weighted by Gasteiger charge is 2.47. The first-order valence-electron chi connectivity index (χ1n) is 10.5. The van der Waals surface area contributed by atoms with Gasteiger partial charge in [0, 0.05) is 25.4 Å². The van der Waals surface area contributed by atoms with Crippen LogP contribution in [0.3, 0.4) is 0 Å². The number of hydrogen-bond donors (Lipinski definition) is 2. The van der Waals surface area contributed by atoms with E-state index < -0.39 is 5.54 Å². The molecule has 2 aromatic carbocycles. The summed E-state index contributed by atoms with van der Waals surface area (Å²) in [5.41, 5.74) is 3.46. The molecule has 1 aliphatic heterocycles. The molecule has 0 unspecified atom stereocenters. The van der Waals surface area contributed by atoms with Crippen molar-refractivity contribution in [3.8, 4) is 0 Å². The van der Waals surface area contributed by atoms with Gasteiger partial charge in [-0.15, -0.1) is 0 Å². The van der Waals surface area contributed by atoms with E-state index in [1.165, 1.54) is 16.7 Å². The minimum atomic E-state index is -0.483. The van der Waals surface area contributed by atoms with Crippen molar-refractivity contribution >= 4 is 5.91 Å². The molecule has 0 bridgehead atoms. The fourth-order valence-corrected chi connectivity index (χ4v) is 4.64. The summed E-state index contributed by atoms with van der Waals surface area (Å²) in [4.78, 5) is 15.9. The Balaban J connectivity index is 1.52. The number of nitrogens with one attached hydrogen (secondary N) is 2. The van der Waals surface area contributed by atoms with Crippen LogP contribution in [0, 0.1) is 0 Å². The zero-order valence-corrected chi connectivity index (χ0v) is 16.8. The monoisotopic (exact) mass is 377 g/mol. The highest BCUT2D eigenvalue weighted by Crippen LogP contribution is 2.35. The van der Waals surface area contributed by atoms with Gasteiger partial charge < -0.3 is 10.6 Å². The summed E-state index contributed by atoms with van der Waals surface area (Å²) < 4.78 is 0. The molecule has 0 aromatic heterocycles. The molecule has 2 N–H and O–H groups in total. The third-order valence-corrected chi connectivity index (χ3v) is 6.49. The summed E-state index contributed by atoms with van der Waals surface area (Å²) in [7, 11) is 2.12. The van der Waals surface area contributed by atoms with Crippen LogP contribution in [0.4, 0.5) is 0 Å². The molecule has 148 valence electrons. The SMILES string of the molecule is CN(CCc1ccccc1)C1(C(=O)NC2CCNCC2)Cc2ccccc2C1. The van der Waals surface area contributed by atoms with E-state index in [4.69, 9.17) is 0 Å². The smallest absolute Gasteiger partial charge is 0.241 e. The number of amides is 1. The van der Waals surface area contributed by atoms with E-state index in [0.717, 1.165) is 51.7 Å². The number of likely N-dealkylation sites (N-methyl/N-ethyl adjacent to an activating group) is 1. The van der Waals surface area contributed by atoms with Crippen LogP contribution in [0.5, 0.6) is 0 Å². The minimum absolute atomic E-state index is 0.200. The van der Waals surface area contributed by atoms with Crippen molar-refractivity contribution in [1.29, 1.82) is 0 Å². The molecule has 4 nitrogen and oxygen atoms in total. The van der Waals surface area contributed by atoms with E-state index in [2.05, 4.69) is 77.2 Å². The number of rotatable bonds is 6. The van der Waals surface area contributed by atoms with Crippen molar-refractivity contribution in [1.82, 2.24) is 15.5 Å². The summed E-state index contributed by atoms with van der Waals surface area (Å²) in [5, 5.41) is 6.78. The van der Waals surface area contributed by atoms with E-state index >= 15 is 0 Å². The lowest BCUT2D eigenvalue weighted by Gasteiger charge is -2.39. The standard InChI is InChI=1S/C24H31N3O/c1-27(16-13-19-7-3-2-4-8-19)24(17-20-9-5-6-10-21(20)18-24)23(28)26-22-11-14-25-15-12-22/h2-10,22,25H,11-18H2,1H3,(H,26,28). The molecule has 0 atom stereocenters. The molecule has 4 heteroatoms. The van der Waals surface area contributed by atoms with E-state index in [1.54, 1.807) is 0 Å². The van der Waals surface area contributed by atoms with Crippen LogP contribution in [0.1, 0.15) is 29.5 Å². The predicted octanol–water partition coefficient (Wildman–Crippen LogP) is 2.57. The molecule has 0 saturated carbocycles. The summed E-state index contributed by atoms with van der Waals surface area (Å²) in [6, 6.07) is 19.4. The lowest BCUT2D eigenvalue weighted by molar-refractivity contribution is -0.133. The Bertz CT molecular complexity index is 774. The van der Waals surface area contributed by atoms with Gasteiger partial charge in [0.05, 0.1) is 0 Å². The van der Waals surface area contributed by atoms with E-state index in [0.29, 0.717) is 0 Å². The molecule has 1 heterocycles. The summed E-state index contributed by atoms with van der Waals surface area (Å²) in [6.07, 6.45) is 4.58. The molecule has 2 aliphatic rings. The summed E-state index contributed by atoms with van der Waals surface area (Å²) in [5.74, 6) is 0.200. The third-order valence-electron chi connectivity index (χ3n) is 6.49. The highest BCUT2D eigenvalue weighted by atomic mass is 16.2. The molecule has 1 amide bonds. The van der Waals surface area contributed by atoms with Gasteiger partial charge in [-0.25, -0.2) is 0 Å². The Morgan fingerprint density at radius 2 is 1.64 bits per heavy atom. The third kappa shape index (κ3) is 3.98. The molecule has 4 rings (SSSR count). The molecule has 0 radical (unpaired) electrons. The van der Waals surface area contributed by atoms with E-state index in [-0.39, 0.29) is 11.9 Å². The molecule has 0 spiro atoms. The number of hydrogen-bond acceptors (Lipinski definition) is 3. The Morgan fingerprint density at radius 3 is 2.29 bits per heavy atom. The van der Waals surface area contributed by atoms with Crippen LogP contribution >= 0.6 is 0 Å². The maximum Gasteiger partial charge on any atom is 0.241 e. The van der Waals surface area contributed by atoms with Gasteiger partial charge in [0.15, 0.2) is 0 Å². The van der Waals surface area contributed by atoms with Gasteiger partial charge in [-0.3, -0.25) is 9.69 Å². The second kappa shape index (κ2) is 8.46. The largest absolute Gasteiger partial charge is 0.352 e. The van der Waals surface area contributed by atoms with Gasteiger partial charge in [-0.1, -0.05) is 54.6 Å². The van der Waals surface area contributed by atoms with Crippen LogP contribution < -0.4 is 10.6 Å². The molecular formula is C24H31N3O. The second-order valence-corrected chi connectivity index (χ2v) is 8.31. The van der Waals surface area contributed by atoms with Crippen molar-refractivity contribution < 1.29 is 4.79 Å². The van der Waals surface area contributed by atoms with Crippen LogP contribution in [0.2, 0.25) is 0 Å². The molecular weight excluding hydrogens is 346 g/mol.